The summed E-state index contributed by atoms with van der Waals surface area (Å²) < 4.78 is 18.2. The van der Waals surface area contributed by atoms with Crippen LogP contribution in [-0.4, -0.2) is 6.29 Å². The van der Waals surface area contributed by atoms with Crippen LogP contribution in [0.25, 0.3) is 0 Å². The maximum absolute atomic E-state index is 12.7. The first kappa shape index (κ1) is 12.6. The molecule has 0 aliphatic carbocycles. The molecule has 2 aromatic rings. The Hall–Kier alpha value is -1.87. The molecule has 0 aliphatic rings. The van der Waals surface area contributed by atoms with Crippen molar-refractivity contribution >= 4 is 17.9 Å². The van der Waals surface area contributed by atoms with Gasteiger partial charge in [0.05, 0.1) is 5.02 Å². The van der Waals surface area contributed by atoms with Gasteiger partial charge in [-0.1, -0.05) is 23.7 Å². The molecule has 0 saturated carbocycles. The van der Waals surface area contributed by atoms with E-state index in [-0.39, 0.29) is 5.82 Å². The van der Waals surface area contributed by atoms with Gasteiger partial charge in [0.15, 0.2) is 0 Å². The lowest BCUT2D eigenvalue weighted by atomic mass is 10.2. The van der Waals surface area contributed by atoms with Crippen molar-refractivity contribution in [2.24, 2.45) is 0 Å². The normalized spacial score (nSPS) is 10.1. The highest BCUT2D eigenvalue weighted by Crippen LogP contribution is 2.25. The van der Waals surface area contributed by atoms with Crippen molar-refractivity contribution in [2.75, 3.05) is 0 Å². The van der Waals surface area contributed by atoms with Crippen LogP contribution >= 0.6 is 11.6 Å². The van der Waals surface area contributed by atoms with Crippen molar-refractivity contribution in [1.29, 1.82) is 0 Å². The number of carbonyl (C=O) groups excluding carboxylic acids is 1. The summed E-state index contributed by atoms with van der Waals surface area (Å²) >= 11 is 5.96. The highest BCUT2D eigenvalue weighted by atomic mass is 35.5. The van der Waals surface area contributed by atoms with E-state index in [0.717, 1.165) is 11.8 Å². The minimum absolute atomic E-state index is 0.285. The standard InChI is InChI=1S/C14H10ClFO2/c15-13-7-11(8-17)3-6-14(13)18-9-10-1-4-12(16)5-2-10/h1-8H,9H2. The summed E-state index contributed by atoms with van der Waals surface area (Å²) in [5.41, 5.74) is 1.33. The first-order chi connectivity index (χ1) is 8.69. The molecule has 0 fully saturated rings. The van der Waals surface area contributed by atoms with E-state index in [9.17, 15) is 9.18 Å². The van der Waals surface area contributed by atoms with Gasteiger partial charge in [0, 0.05) is 5.56 Å². The molecule has 0 spiro atoms. The fraction of sp³-hybridized carbons (Fsp3) is 0.0714. The van der Waals surface area contributed by atoms with Gasteiger partial charge in [-0.3, -0.25) is 4.79 Å². The Kier molecular flexibility index (Phi) is 3.95. The fourth-order valence-corrected chi connectivity index (χ4v) is 1.69. The van der Waals surface area contributed by atoms with Crippen LogP contribution in [0.15, 0.2) is 42.5 Å². The minimum atomic E-state index is -0.285. The number of halogens is 2. The second-order valence-corrected chi connectivity index (χ2v) is 4.13. The molecule has 0 unspecified atom stereocenters. The molecule has 4 heteroatoms. The van der Waals surface area contributed by atoms with Gasteiger partial charge in [0.2, 0.25) is 0 Å². The molecule has 2 nitrogen and oxygen atoms in total. The number of benzene rings is 2. The zero-order chi connectivity index (χ0) is 13.0. The van der Waals surface area contributed by atoms with Crippen molar-refractivity contribution in [2.45, 2.75) is 6.61 Å². The Morgan fingerprint density at radius 1 is 1.17 bits per heavy atom. The van der Waals surface area contributed by atoms with Crippen molar-refractivity contribution in [1.82, 2.24) is 0 Å². The van der Waals surface area contributed by atoms with Gasteiger partial charge >= 0.3 is 0 Å². The summed E-state index contributed by atoms with van der Waals surface area (Å²) in [6, 6.07) is 10.8. The van der Waals surface area contributed by atoms with Gasteiger partial charge in [-0.2, -0.15) is 0 Å². The number of ether oxygens (including phenoxy) is 1. The SMILES string of the molecule is O=Cc1ccc(OCc2ccc(F)cc2)c(Cl)c1. The molecular formula is C14H10ClFO2. The van der Waals surface area contributed by atoms with Crippen molar-refractivity contribution in [3.05, 3.63) is 64.4 Å². The lowest BCUT2D eigenvalue weighted by molar-refractivity contribution is 0.112. The number of hydrogen-bond acceptors (Lipinski definition) is 2. The third-order valence-electron chi connectivity index (χ3n) is 2.40. The van der Waals surface area contributed by atoms with Gasteiger partial charge in [-0.05, 0) is 35.9 Å². The molecule has 92 valence electrons. The molecule has 0 heterocycles. The van der Waals surface area contributed by atoms with E-state index in [4.69, 9.17) is 16.3 Å². The van der Waals surface area contributed by atoms with E-state index in [1.807, 2.05) is 0 Å². The largest absolute Gasteiger partial charge is 0.487 e. The van der Waals surface area contributed by atoms with E-state index in [1.165, 1.54) is 18.2 Å². The van der Waals surface area contributed by atoms with E-state index < -0.39 is 0 Å². The number of rotatable bonds is 4. The summed E-state index contributed by atoms with van der Waals surface area (Å²) in [5, 5.41) is 0.377. The number of carbonyl (C=O) groups is 1. The quantitative estimate of drug-likeness (QED) is 0.784. The molecular weight excluding hydrogens is 255 g/mol. The highest BCUT2D eigenvalue weighted by molar-refractivity contribution is 6.32. The predicted octanol–water partition coefficient (Wildman–Crippen LogP) is 3.87. The summed E-state index contributed by atoms with van der Waals surface area (Å²) in [6.07, 6.45) is 0.718. The lowest BCUT2D eigenvalue weighted by Gasteiger charge is -2.08. The minimum Gasteiger partial charge on any atom is -0.487 e. The van der Waals surface area contributed by atoms with E-state index in [0.29, 0.717) is 22.9 Å². The first-order valence-corrected chi connectivity index (χ1v) is 5.69. The van der Waals surface area contributed by atoms with Crippen LogP contribution in [0.3, 0.4) is 0 Å². The fourth-order valence-electron chi connectivity index (χ4n) is 1.45. The monoisotopic (exact) mass is 264 g/mol. The summed E-state index contributed by atoms with van der Waals surface area (Å²) in [4.78, 5) is 10.5. The van der Waals surface area contributed by atoms with Crippen LogP contribution in [0.4, 0.5) is 4.39 Å². The lowest BCUT2D eigenvalue weighted by Crippen LogP contribution is -1.96. The van der Waals surface area contributed by atoms with E-state index >= 15 is 0 Å². The van der Waals surface area contributed by atoms with Crippen LogP contribution < -0.4 is 4.74 Å². The molecule has 2 rings (SSSR count). The first-order valence-electron chi connectivity index (χ1n) is 5.31. The van der Waals surface area contributed by atoms with Gasteiger partial charge in [-0.15, -0.1) is 0 Å². The van der Waals surface area contributed by atoms with Crippen molar-refractivity contribution in [3.63, 3.8) is 0 Å². The molecule has 0 aromatic heterocycles. The van der Waals surface area contributed by atoms with Gasteiger partial charge in [-0.25, -0.2) is 4.39 Å². The molecule has 0 bridgehead atoms. The Balaban J connectivity index is 2.06. The zero-order valence-corrected chi connectivity index (χ0v) is 10.2. The molecule has 0 aliphatic heterocycles. The van der Waals surface area contributed by atoms with Crippen LogP contribution in [0.1, 0.15) is 15.9 Å². The second kappa shape index (κ2) is 5.65. The Labute approximate surface area is 109 Å². The van der Waals surface area contributed by atoms with Gasteiger partial charge in [0.1, 0.15) is 24.5 Å². The average Bonchev–Trinajstić information content (AvgIpc) is 2.39. The van der Waals surface area contributed by atoms with Crippen molar-refractivity contribution < 1.29 is 13.9 Å². The molecule has 0 radical (unpaired) electrons. The maximum Gasteiger partial charge on any atom is 0.150 e. The maximum atomic E-state index is 12.7. The number of hydrogen-bond donors (Lipinski definition) is 0. The second-order valence-electron chi connectivity index (χ2n) is 3.72. The summed E-state index contributed by atoms with van der Waals surface area (Å²) in [6.45, 7) is 0.292. The Bertz CT molecular complexity index is 552. The highest BCUT2D eigenvalue weighted by Gasteiger charge is 2.03. The van der Waals surface area contributed by atoms with Crippen LogP contribution in [0.2, 0.25) is 5.02 Å². The third-order valence-corrected chi connectivity index (χ3v) is 2.69. The molecule has 2 aromatic carbocycles. The zero-order valence-electron chi connectivity index (χ0n) is 9.40. The average molecular weight is 265 g/mol. The molecule has 0 amide bonds. The summed E-state index contributed by atoms with van der Waals surface area (Å²) in [7, 11) is 0. The molecule has 0 saturated heterocycles. The Morgan fingerprint density at radius 3 is 2.50 bits per heavy atom. The van der Waals surface area contributed by atoms with E-state index in [2.05, 4.69) is 0 Å². The predicted molar refractivity (Wildman–Crippen MR) is 67.6 cm³/mol. The third kappa shape index (κ3) is 3.08. The van der Waals surface area contributed by atoms with Gasteiger partial charge in [0.25, 0.3) is 0 Å². The van der Waals surface area contributed by atoms with E-state index in [1.54, 1.807) is 24.3 Å². The molecule has 0 atom stereocenters. The molecule has 0 N–H and O–H groups in total. The summed E-state index contributed by atoms with van der Waals surface area (Å²) in [5.74, 6) is 0.207. The topological polar surface area (TPSA) is 26.3 Å². The number of aldehydes is 1. The van der Waals surface area contributed by atoms with Crippen LogP contribution in [0.5, 0.6) is 5.75 Å². The Morgan fingerprint density at radius 2 is 1.89 bits per heavy atom. The molecule has 18 heavy (non-hydrogen) atoms. The smallest absolute Gasteiger partial charge is 0.150 e. The van der Waals surface area contributed by atoms with Crippen molar-refractivity contribution in [3.8, 4) is 5.75 Å². The van der Waals surface area contributed by atoms with Gasteiger partial charge < -0.3 is 4.74 Å². The van der Waals surface area contributed by atoms with Crippen LogP contribution in [0, 0.1) is 5.82 Å². The van der Waals surface area contributed by atoms with Crippen LogP contribution in [-0.2, 0) is 6.61 Å².